The molecule has 0 radical (unpaired) electrons. The molecular formula is C13H22OS. The summed E-state index contributed by atoms with van der Waals surface area (Å²) in [5.74, 6) is 0.696. The second-order valence-corrected chi connectivity index (χ2v) is 5.06. The third kappa shape index (κ3) is 3.78. The van der Waals surface area contributed by atoms with Gasteiger partial charge in [-0.15, -0.1) is 0 Å². The zero-order chi connectivity index (χ0) is 12.0. The number of hydrogen-bond acceptors (Lipinski definition) is 1. The van der Waals surface area contributed by atoms with E-state index < -0.39 is 10.8 Å². The summed E-state index contributed by atoms with van der Waals surface area (Å²) >= 11 is 0. The summed E-state index contributed by atoms with van der Waals surface area (Å²) < 4.78 is 11.5. The van der Waals surface area contributed by atoms with Crippen LogP contribution in [0.15, 0.2) is 17.0 Å². The quantitative estimate of drug-likeness (QED) is 0.750. The largest absolute Gasteiger partial charge is 0.254 e. The molecule has 1 aromatic carbocycles. The van der Waals surface area contributed by atoms with E-state index >= 15 is 0 Å². The lowest BCUT2D eigenvalue weighted by atomic mass is 10.1. The maximum atomic E-state index is 11.5. The molecule has 0 heterocycles. The zero-order valence-electron chi connectivity index (χ0n) is 10.7. The molecule has 0 saturated heterocycles. The highest BCUT2D eigenvalue weighted by Crippen LogP contribution is 2.17. The second-order valence-electron chi connectivity index (χ2n) is 3.32. The fraction of sp³-hybridized carbons (Fsp3) is 0.538. The lowest BCUT2D eigenvalue weighted by Gasteiger charge is -2.07. The smallest absolute Gasteiger partial charge is 0.0526 e. The molecule has 0 fully saturated rings. The zero-order valence-corrected chi connectivity index (χ0v) is 11.5. The average Bonchev–Trinajstić information content (AvgIpc) is 2.26. The van der Waals surface area contributed by atoms with E-state index in [9.17, 15) is 4.21 Å². The van der Waals surface area contributed by atoms with Crippen LogP contribution in [0.3, 0.4) is 0 Å². The van der Waals surface area contributed by atoms with Crippen molar-refractivity contribution in [1.82, 2.24) is 0 Å². The number of benzene rings is 1. The fourth-order valence-electron chi connectivity index (χ4n) is 1.29. The van der Waals surface area contributed by atoms with E-state index in [1.54, 1.807) is 0 Å². The molecule has 1 rings (SSSR count). The summed E-state index contributed by atoms with van der Waals surface area (Å²) in [6.45, 7) is 12.2. The molecule has 1 nitrogen and oxygen atoms in total. The Labute approximate surface area is 96.4 Å². The van der Waals surface area contributed by atoms with E-state index in [1.807, 2.05) is 32.9 Å². The summed E-state index contributed by atoms with van der Waals surface area (Å²) in [5, 5.41) is 0. The highest BCUT2D eigenvalue weighted by Gasteiger charge is 2.04. The summed E-state index contributed by atoms with van der Waals surface area (Å²) in [4.78, 5) is 0.961. The molecule has 1 unspecified atom stereocenters. The lowest BCUT2D eigenvalue weighted by Crippen LogP contribution is -1.97. The standard InChI is InChI=1S/C11H16OS.C2H6/c1-5-13(12)11-6-8(2)10(4)9(3)7-11;1-2/h6-7H,5H2,1-4H3;1-2H3. The van der Waals surface area contributed by atoms with Crippen LogP contribution in [0.1, 0.15) is 37.5 Å². The Morgan fingerprint density at radius 1 is 1.07 bits per heavy atom. The summed E-state index contributed by atoms with van der Waals surface area (Å²) in [6.07, 6.45) is 0. The van der Waals surface area contributed by atoms with Gasteiger partial charge in [-0.1, -0.05) is 20.8 Å². The minimum Gasteiger partial charge on any atom is -0.254 e. The molecule has 0 spiro atoms. The van der Waals surface area contributed by atoms with Crippen molar-refractivity contribution in [1.29, 1.82) is 0 Å². The van der Waals surface area contributed by atoms with Crippen LogP contribution in [0.4, 0.5) is 0 Å². The van der Waals surface area contributed by atoms with Crippen LogP contribution in [0.2, 0.25) is 0 Å². The van der Waals surface area contributed by atoms with E-state index in [2.05, 4.69) is 20.8 Å². The van der Waals surface area contributed by atoms with Crippen LogP contribution in [-0.2, 0) is 10.8 Å². The Hall–Kier alpha value is -0.630. The molecule has 0 aliphatic carbocycles. The first-order chi connectivity index (χ1) is 7.06. The summed E-state index contributed by atoms with van der Waals surface area (Å²) in [6, 6.07) is 4.06. The molecule has 0 aromatic heterocycles. The monoisotopic (exact) mass is 226 g/mol. The first kappa shape index (κ1) is 14.4. The van der Waals surface area contributed by atoms with Gasteiger partial charge in [0, 0.05) is 10.6 Å². The number of aryl methyl sites for hydroxylation is 2. The number of rotatable bonds is 2. The maximum absolute atomic E-state index is 11.5. The molecule has 1 aromatic rings. The topological polar surface area (TPSA) is 17.1 Å². The summed E-state index contributed by atoms with van der Waals surface area (Å²) in [5.41, 5.74) is 3.77. The van der Waals surface area contributed by atoms with E-state index in [-0.39, 0.29) is 0 Å². The Kier molecular flexibility index (Phi) is 6.50. The van der Waals surface area contributed by atoms with E-state index in [0.29, 0.717) is 5.75 Å². The first-order valence-corrected chi connectivity index (χ1v) is 6.84. The molecule has 15 heavy (non-hydrogen) atoms. The van der Waals surface area contributed by atoms with Crippen LogP contribution in [0.25, 0.3) is 0 Å². The van der Waals surface area contributed by atoms with E-state index in [1.165, 1.54) is 16.7 Å². The van der Waals surface area contributed by atoms with Gasteiger partial charge in [0.2, 0.25) is 0 Å². The van der Waals surface area contributed by atoms with Gasteiger partial charge in [0.05, 0.1) is 10.8 Å². The molecular weight excluding hydrogens is 204 g/mol. The normalized spacial score (nSPS) is 11.6. The Bertz CT molecular complexity index is 319. The van der Waals surface area contributed by atoms with Crippen molar-refractivity contribution in [2.24, 2.45) is 0 Å². The van der Waals surface area contributed by atoms with Crippen LogP contribution in [0.5, 0.6) is 0 Å². The van der Waals surface area contributed by atoms with Crippen molar-refractivity contribution in [3.05, 3.63) is 28.8 Å². The SMILES string of the molecule is CC.CCS(=O)c1cc(C)c(C)c(C)c1. The highest BCUT2D eigenvalue weighted by atomic mass is 32.2. The lowest BCUT2D eigenvalue weighted by molar-refractivity contribution is 0.683. The Balaban J connectivity index is 0.000000921. The molecule has 2 heteroatoms. The first-order valence-electron chi connectivity index (χ1n) is 5.52. The molecule has 0 amide bonds. The molecule has 0 aliphatic heterocycles. The van der Waals surface area contributed by atoms with Crippen molar-refractivity contribution in [2.45, 2.75) is 46.4 Å². The average molecular weight is 226 g/mol. The third-order valence-corrected chi connectivity index (χ3v) is 3.71. The van der Waals surface area contributed by atoms with Gasteiger partial charge in [-0.25, -0.2) is 0 Å². The molecule has 0 N–H and O–H groups in total. The van der Waals surface area contributed by atoms with Gasteiger partial charge in [-0.2, -0.15) is 0 Å². The van der Waals surface area contributed by atoms with Gasteiger partial charge >= 0.3 is 0 Å². The molecule has 0 bridgehead atoms. The Morgan fingerprint density at radius 2 is 1.47 bits per heavy atom. The third-order valence-electron chi connectivity index (χ3n) is 2.43. The molecule has 0 saturated carbocycles. The highest BCUT2D eigenvalue weighted by molar-refractivity contribution is 7.85. The molecule has 0 aliphatic rings. The molecule has 86 valence electrons. The van der Waals surface area contributed by atoms with Gasteiger partial charge < -0.3 is 0 Å². The minimum absolute atomic E-state index is 0.696. The van der Waals surface area contributed by atoms with Crippen LogP contribution >= 0.6 is 0 Å². The van der Waals surface area contributed by atoms with Crippen molar-refractivity contribution in [2.75, 3.05) is 5.75 Å². The van der Waals surface area contributed by atoms with Gasteiger partial charge in [-0.05, 0) is 49.6 Å². The predicted molar refractivity (Wildman–Crippen MR) is 69.0 cm³/mol. The predicted octanol–water partition coefficient (Wildman–Crippen LogP) is 3.77. The fourth-order valence-corrected chi connectivity index (χ4v) is 2.24. The van der Waals surface area contributed by atoms with Crippen molar-refractivity contribution < 1.29 is 4.21 Å². The van der Waals surface area contributed by atoms with Crippen LogP contribution < -0.4 is 0 Å². The summed E-state index contributed by atoms with van der Waals surface area (Å²) in [7, 11) is -0.819. The Morgan fingerprint density at radius 3 is 1.80 bits per heavy atom. The van der Waals surface area contributed by atoms with Crippen LogP contribution in [-0.4, -0.2) is 9.96 Å². The van der Waals surface area contributed by atoms with Gasteiger partial charge in [0.25, 0.3) is 0 Å². The van der Waals surface area contributed by atoms with Gasteiger partial charge in [0.1, 0.15) is 0 Å². The maximum Gasteiger partial charge on any atom is 0.0526 e. The van der Waals surface area contributed by atoms with E-state index in [0.717, 1.165) is 4.90 Å². The van der Waals surface area contributed by atoms with Crippen molar-refractivity contribution in [3.8, 4) is 0 Å². The van der Waals surface area contributed by atoms with Crippen molar-refractivity contribution in [3.63, 3.8) is 0 Å². The van der Waals surface area contributed by atoms with Crippen LogP contribution in [0, 0.1) is 20.8 Å². The van der Waals surface area contributed by atoms with Gasteiger partial charge in [0.15, 0.2) is 0 Å². The van der Waals surface area contributed by atoms with Crippen molar-refractivity contribution >= 4 is 10.8 Å². The number of hydrogen-bond donors (Lipinski definition) is 0. The van der Waals surface area contributed by atoms with E-state index in [4.69, 9.17) is 0 Å². The molecule has 1 atom stereocenters. The minimum atomic E-state index is -0.819. The second kappa shape index (κ2) is 6.78. The van der Waals surface area contributed by atoms with Gasteiger partial charge in [-0.3, -0.25) is 4.21 Å².